The molecule has 0 radical (unpaired) electrons. The molecule has 0 spiro atoms. The SMILES string of the molecule is CC(OC(=O)C1(c2ccc(F)cc2)CCCC1)C(=O)Nc1cc(Cl)c(Cl)cc1Cl. The molecule has 2 aromatic carbocycles. The molecule has 0 saturated heterocycles. The molecule has 0 heterocycles. The van der Waals surface area contributed by atoms with Crippen molar-refractivity contribution < 1.29 is 18.7 Å². The number of carbonyl (C=O) groups is 2. The molecule has 1 saturated carbocycles. The molecule has 1 aliphatic carbocycles. The van der Waals surface area contributed by atoms with Gasteiger partial charge < -0.3 is 10.1 Å². The number of nitrogens with one attached hydrogen (secondary N) is 1. The van der Waals surface area contributed by atoms with Crippen molar-refractivity contribution in [3.63, 3.8) is 0 Å². The van der Waals surface area contributed by atoms with Crippen LogP contribution in [0.25, 0.3) is 0 Å². The Morgan fingerprint density at radius 2 is 1.62 bits per heavy atom. The number of ether oxygens (including phenoxy) is 1. The summed E-state index contributed by atoms with van der Waals surface area (Å²) in [6, 6.07) is 8.69. The van der Waals surface area contributed by atoms with Gasteiger partial charge in [0, 0.05) is 0 Å². The first-order chi connectivity index (χ1) is 13.7. The van der Waals surface area contributed by atoms with Crippen molar-refractivity contribution in [3.05, 3.63) is 62.8 Å². The maximum atomic E-state index is 13.3. The zero-order valence-corrected chi connectivity index (χ0v) is 17.9. The van der Waals surface area contributed by atoms with Gasteiger partial charge in [-0.05, 0) is 49.6 Å². The Morgan fingerprint density at radius 3 is 2.24 bits per heavy atom. The minimum Gasteiger partial charge on any atom is -0.452 e. The molecule has 2 aromatic rings. The second-order valence-electron chi connectivity index (χ2n) is 7.08. The topological polar surface area (TPSA) is 55.4 Å². The van der Waals surface area contributed by atoms with Gasteiger partial charge in [-0.1, -0.05) is 59.8 Å². The molecule has 1 atom stereocenters. The Labute approximate surface area is 183 Å². The van der Waals surface area contributed by atoms with Gasteiger partial charge in [-0.15, -0.1) is 0 Å². The van der Waals surface area contributed by atoms with Gasteiger partial charge in [0.15, 0.2) is 6.10 Å². The summed E-state index contributed by atoms with van der Waals surface area (Å²) in [7, 11) is 0. The molecule has 1 aliphatic rings. The van der Waals surface area contributed by atoms with E-state index in [0.717, 1.165) is 12.8 Å². The Hall–Kier alpha value is -1.82. The highest BCUT2D eigenvalue weighted by Gasteiger charge is 2.45. The summed E-state index contributed by atoms with van der Waals surface area (Å²) in [5, 5.41) is 3.30. The molecule has 0 aromatic heterocycles. The first-order valence-corrected chi connectivity index (χ1v) is 10.3. The highest BCUT2D eigenvalue weighted by Crippen LogP contribution is 2.42. The number of hydrogen-bond acceptors (Lipinski definition) is 3. The van der Waals surface area contributed by atoms with E-state index in [0.29, 0.717) is 18.4 Å². The van der Waals surface area contributed by atoms with E-state index in [2.05, 4.69) is 5.32 Å². The Morgan fingerprint density at radius 1 is 1.03 bits per heavy atom. The third-order valence-corrected chi connectivity index (χ3v) is 6.20. The molecule has 1 amide bonds. The lowest BCUT2D eigenvalue weighted by Crippen LogP contribution is -2.39. The van der Waals surface area contributed by atoms with E-state index in [1.165, 1.54) is 31.2 Å². The molecular weight excluding hydrogens is 440 g/mol. The molecule has 154 valence electrons. The van der Waals surface area contributed by atoms with Crippen molar-refractivity contribution in [3.8, 4) is 0 Å². The normalized spacial score (nSPS) is 16.3. The highest BCUT2D eigenvalue weighted by atomic mass is 35.5. The molecule has 1 N–H and O–H groups in total. The van der Waals surface area contributed by atoms with E-state index in [-0.39, 0.29) is 26.6 Å². The maximum Gasteiger partial charge on any atom is 0.317 e. The molecule has 1 fully saturated rings. The molecule has 0 aliphatic heterocycles. The van der Waals surface area contributed by atoms with Gasteiger partial charge in [-0.3, -0.25) is 9.59 Å². The van der Waals surface area contributed by atoms with E-state index in [1.807, 2.05) is 0 Å². The van der Waals surface area contributed by atoms with E-state index in [1.54, 1.807) is 12.1 Å². The standard InChI is InChI=1S/C21H19Cl3FNO3/c1-12(19(27)26-18-11-16(23)15(22)10-17(18)24)29-20(28)21(8-2-3-9-21)13-4-6-14(25)7-5-13/h4-7,10-12H,2-3,8-9H2,1H3,(H,26,27). The van der Waals surface area contributed by atoms with Crippen molar-refractivity contribution in [1.29, 1.82) is 0 Å². The Balaban J connectivity index is 1.74. The van der Waals surface area contributed by atoms with Crippen LogP contribution in [-0.4, -0.2) is 18.0 Å². The van der Waals surface area contributed by atoms with Crippen LogP contribution in [0.3, 0.4) is 0 Å². The summed E-state index contributed by atoms with van der Waals surface area (Å²) in [5.41, 5.74) is 0.0910. The zero-order valence-electron chi connectivity index (χ0n) is 15.6. The fraction of sp³-hybridized carbons (Fsp3) is 0.333. The van der Waals surface area contributed by atoms with Crippen molar-refractivity contribution in [2.24, 2.45) is 0 Å². The monoisotopic (exact) mass is 457 g/mol. The number of carbonyl (C=O) groups excluding carboxylic acids is 2. The summed E-state index contributed by atoms with van der Waals surface area (Å²) in [6.07, 6.45) is 1.82. The predicted octanol–water partition coefficient (Wildman–Crippen LogP) is 6.17. The first kappa shape index (κ1) is 21.9. The minimum atomic E-state index is -1.06. The highest BCUT2D eigenvalue weighted by molar-refractivity contribution is 6.44. The number of amides is 1. The molecule has 3 rings (SSSR count). The number of halogens is 4. The average Bonchev–Trinajstić information content (AvgIpc) is 3.17. The number of rotatable bonds is 5. The van der Waals surface area contributed by atoms with Crippen LogP contribution in [0.2, 0.25) is 15.1 Å². The number of esters is 1. The fourth-order valence-electron chi connectivity index (χ4n) is 3.54. The van der Waals surface area contributed by atoms with Crippen LogP contribution in [0, 0.1) is 5.82 Å². The third-order valence-electron chi connectivity index (χ3n) is 5.17. The Kier molecular flexibility index (Phi) is 6.72. The lowest BCUT2D eigenvalue weighted by molar-refractivity contribution is -0.159. The van der Waals surface area contributed by atoms with E-state index in [9.17, 15) is 14.0 Å². The van der Waals surface area contributed by atoms with Gasteiger partial charge in [0.05, 0.1) is 26.2 Å². The third kappa shape index (κ3) is 4.68. The van der Waals surface area contributed by atoms with E-state index in [4.69, 9.17) is 39.5 Å². The van der Waals surface area contributed by atoms with Gasteiger partial charge in [0.25, 0.3) is 5.91 Å². The molecule has 29 heavy (non-hydrogen) atoms. The van der Waals surface area contributed by atoms with Gasteiger partial charge in [0.2, 0.25) is 0 Å². The molecule has 0 bridgehead atoms. The second-order valence-corrected chi connectivity index (χ2v) is 8.30. The summed E-state index contributed by atoms with van der Waals surface area (Å²) in [6.45, 7) is 1.48. The summed E-state index contributed by atoms with van der Waals surface area (Å²) in [4.78, 5) is 25.5. The lowest BCUT2D eigenvalue weighted by Gasteiger charge is -2.28. The quantitative estimate of drug-likeness (QED) is 0.431. The average molecular weight is 459 g/mol. The van der Waals surface area contributed by atoms with Gasteiger partial charge in [-0.2, -0.15) is 0 Å². The maximum absolute atomic E-state index is 13.3. The van der Waals surface area contributed by atoms with Crippen LogP contribution in [0.1, 0.15) is 38.2 Å². The minimum absolute atomic E-state index is 0.213. The van der Waals surface area contributed by atoms with E-state index >= 15 is 0 Å². The number of anilines is 1. The molecular formula is C21H19Cl3FNO3. The zero-order chi connectivity index (χ0) is 21.2. The van der Waals surface area contributed by atoms with Crippen molar-refractivity contribution in [2.45, 2.75) is 44.1 Å². The largest absolute Gasteiger partial charge is 0.452 e. The summed E-state index contributed by atoms with van der Waals surface area (Å²) in [5.74, 6) is -1.42. The van der Waals surface area contributed by atoms with Crippen LogP contribution in [0.5, 0.6) is 0 Å². The van der Waals surface area contributed by atoms with Crippen LogP contribution in [0.4, 0.5) is 10.1 Å². The fourth-order valence-corrected chi connectivity index (χ4v) is 4.13. The summed E-state index contributed by atoms with van der Waals surface area (Å²) >= 11 is 17.9. The van der Waals surface area contributed by atoms with Gasteiger partial charge in [0.1, 0.15) is 5.82 Å². The van der Waals surface area contributed by atoms with Crippen LogP contribution >= 0.6 is 34.8 Å². The van der Waals surface area contributed by atoms with Crippen molar-refractivity contribution in [1.82, 2.24) is 0 Å². The summed E-state index contributed by atoms with van der Waals surface area (Å²) < 4.78 is 18.8. The van der Waals surface area contributed by atoms with Crippen molar-refractivity contribution >= 4 is 52.4 Å². The predicted molar refractivity (Wildman–Crippen MR) is 112 cm³/mol. The van der Waals surface area contributed by atoms with Crippen LogP contribution < -0.4 is 5.32 Å². The van der Waals surface area contributed by atoms with Crippen molar-refractivity contribution in [2.75, 3.05) is 5.32 Å². The molecule has 8 heteroatoms. The lowest BCUT2D eigenvalue weighted by atomic mass is 9.79. The smallest absolute Gasteiger partial charge is 0.317 e. The molecule has 1 unspecified atom stereocenters. The van der Waals surface area contributed by atoms with E-state index < -0.39 is 23.4 Å². The van der Waals surface area contributed by atoms with Crippen LogP contribution in [-0.2, 0) is 19.7 Å². The number of hydrogen-bond donors (Lipinski definition) is 1. The van der Waals surface area contributed by atoms with Gasteiger partial charge in [-0.25, -0.2) is 4.39 Å². The first-order valence-electron chi connectivity index (χ1n) is 9.15. The van der Waals surface area contributed by atoms with Gasteiger partial charge >= 0.3 is 5.97 Å². The number of benzene rings is 2. The second kappa shape index (κ2) is 8.90. The molecule has 4 nitrogen and oxygen atoms in total. The Bertz CT molecular complexity index is 928. The van der Waals surface area contributed by atoms with Crippen LogP contribution in [0.15, 0.2) is 36.4 Å².